The summed E-state index contributed by atoms with van der Waals surface area (Å²) in [6.45, 7) is 2.15. The van der Waals surface area contributed by atoms with Crippen LogP contribution in [0.15, 0.2) is 42.6 Å². The monoisotopic (exact) mass is 337 g/mol. The zero-order chi connectivity index (χ0) is 17.8. The fraction of sp³-hybridized carbons (Fsp3) is 0.350. The number of amides is 2. The Bertz CT molecular complexity index is 771. The second-order valence-electron chi connectivity index (χ2n) is 6.47. The summed E-state index contributed by atoms with van der Waals surface area (Å²) in [7, 11) is 0. The predicted molar refractivity (Wildman–Crippen MR) is 97.4 cm³/mol. The van der Waals surface area contributed by atoms with Crippen molar-refractivity contribution < 1.29 is 9.59 Å². The largest absolute Gasteiger partial charge is 0.364 e. The van der Waals surface area contributed by atoms with Gasteiger partial charge in [-0.25, -0.2) is 0 Å². The van der Waals surface area contributed by atoms with E-state index < -0.39 is 5.91 Å². The van der Waals surface area contributed by atoms with Crippen LogP contribution in [0.25, 0.3) is 0 Å². The molecule has 2 N–H and O–H groups in total. The topological polar surface area (TPSA) is 76.3 Å². The number of pyridine rings is 1. The first-order chi connectivity index (χ1) is 12.1. The van der Waals surface area contributed by atoms with Crippen molar-refractivity contribution in [2.24, 2.45) is 5.73 Å². The molecule has 0 fully saturated rings. The SMILES string of the molecule is CCCC1CCc2ccccc2N1C(=O)Cc1ccc(C(N)=O)nc1. The number of fused-ring (bicyclic) bond motifs is 1. The highest BCUT2D eigenvalue weighted by molar-refractivity contribution is 5.96. The van der Waals surface area contributed by atoms with Crippen molar-refractivity contribution in [2.75, 3.05) is 4.90 Å². The number of carbonyl (C=O) groups is 2. The van der Waals surface area contributed by atoms with Gasteiger partial charge >= 0.3 is 0 Å². The van der Waals surface area contributed by atoms with Crippen LogP contribution in [-0.2, 0) is 17.6 Å². The number of hydrogen-bond acceptors (Lipinski definition) is 3. The molecule has 5 nitrogen and oxygen atoms in total. The molecule has 0 spiro atoms. The van der Waals surface area contributed by atoms with E-state index in [4.69, 9.17) is 5.73 Å². The zero-order valence-electron chi connectivity index (χ0n) is 14.4. The molecule has 130 valence electrons. The number of aryl methyl sites for hydroxylation is 1. The number of carbonyl (C=O) groups excluding carboxylic acids is 2. The van der Waals surface area contributed by atoms with Crippen molar-refractivity contribution in [2.45, 2.75) is 45.1 Å². The number of rotatable bonds is 5. The van der Waals surface area contributed by atoms with Gasteiger partial charge in [0.05, 0.1) is 6.42 Å². The van der Waals surface area contributed by atoms with Gasteiger partial charge in [0.1, 0.15) is 5.69 Å². The molecule has 0 saturated carbocycles. The van der Waals surface area contributed by atoms with Gasteiger partial charge in [-0.2, -0.15) is 0 Å². The Morgan fingerprint density at radius 2 is 2.04 bits per heavy atom. The van der Waals surface area contributed by atoms with Gasteiger partial charge in [-0.1, -0.05) is 37.6 Å². The molecule has 0 radical (unpaired) electrons. The summed E-state index contributed by atoms with van der Waals surface area (Å²) in [6, 6.07) is 11.7. The third-order valence-electron chi connectivity index (χ3n) is 4.69. The minimum absolute atomic E-state index is 0.0687. The number of para-hydroxylation sites is 1. The first kappa shape index (κ1) is 17.1. The Balaban J connectivity index is 1.84. The highest BCUT2D eigenvalue weighted by Crippen LogP contribution is 2.32. The van der Waals surface area contributed by atoms with Crippen LogP contribution in [0.3, 0.4) is 0 Å². The normalized spacial score (nSPS) is 16.4. The van der Waals surface area contributed by atoms with Crippen molar-refractivity contribution in [1.29, 1.82) is 0 Å². The van der Waals surface area contributed by atoms with Crippen LogP contribution in [0.2, 0.25) is 0 Å². The summed E-state index contributed by atoms with van der Waals surface area (Å²) >= 11 is 0. The minimum atomic E-state index is -0.564. The summed E-state index contributed by atoms with van der Waals surface area (Å²) in [6.07, 6.45) is 5.88. The molecule has 2 amide bonds. The Morgan fingerprint density at radius 3 is 2.72 bits per heavy atom. The van der Waals surface area contributed by atoms with E-state index in [1.165, 1.54) is 5.56 Å². The van der Waals surface area contributed by atoms with Crippen LogP contribution in [0.1, 0.15) is 47.8 Å². The highest BCUT2D eigenvalue weighted by Gasteiger charge is 2.30. The standard InChI is InChI=1S/C20H23N3O2/c1-2-5-16-10-9-15-6-3-4-7-18(15)23(16)19(24)12-14-8-11-17(20(21)25)22-13-14/h3-4,6-8,11,13,16H,2,5,9-10,12H2,1H3,(H2,21,25). The van der Waals surface area contributed by atoms with Crippen molar-refractivity contribution in [3.05, 3.63) is 59.4 Å². The lowest BCUT2D eigenvalue weighted by Crippen LogP contribution is -2.44. The number of nitrogens with two attached hydrogens (primary N) is 1. The van der Waals surface area contributed by atoms with E-state index in [1.54, 1.807) is 18.3 Å². The maximum absolute atomic E-state index is 13.0. The summed E-state index contributed by atoms with van der Waals surface area (Å²) in [4.78, 5) is 30.2. The van der Waals surface area contributed by atoms with Crippen molar-refractivity contribution in [3.8, 4) is 0 Å². The van der Waals surface area contributed by atoms with Gasteiger partial charge in [0, 0.05) is 17.9 Å². The summed E-state index contributed by atoms with van der Waals surface area (Å²) in [5, 5.41) is 0. The van der Waals surface area contributed by atoms with E-state index in [0.717, 1.165) is 36.9 Å². The van der Waals surface area contributed by atoms with E-state index in [9.17, 15) is 9.59 Å². The summed E-state index contributed by atoms with van der Waals surface area (Å²) < 4.78 is 0. The molecule has 2 heterocycles. The van der Waals surface area contributed by atoms with Gasteiger partial charge in [-0.15, -0.1) is 0 Å². The van der Waals surface area contributed by atoms with Gasteiger partial charge in [0.15, 0.2) is 0 Å². The van der Waals surface area contributed by atoms with E-state index in [-0.39, 0.29) is 24.1 Å². The Labute approximate surface area is 147 Å². The third kappa shape index (κ3) is 3.71. The fourth-order valence-electron chi connectivity index (χ4n) is 3.48. The predicted octanol–water partition coefficient (Wildman–Crippen LogP) is 2.87. The quantitative estimate of drug-likeness (QED) is 0.911. The maximum atomic E-state index is 13.0. The molecule has 2 aromatic rings. The number of nitrogens with zero attached hydrogens (tertiary/aromatic N) is 2. The second-order valence-corrected chi connectivity index (χ2v) is 6.47. The van der Waals surface area contributed by atoms with Gasteiger partial charge in [-0.3, -0.25) is 14.6 Å². The number of aromatic nitrogens is 1. The molecule has 0 bridgehead atoms. The molecule has 1 unspecified atom stereocenters. The molecular formula is C20H23N3O2. The lowest BCUT2D eigenvalue weighted by atomic mass is 9.92. The van der Waals surface area contributed by atoms with Gasteiger partial charge < -0.3 is 10.6 Å². The van der Waals surface area contributed by atoms with Crippen LogP contribution in [0.4, 0.5) is 5.69 Å². The van der Waals surface area contributed by atoms with Crippen LogP contribution in [0.5, 0.6) is 0 Å². The molecule has 3 rings (SSSR count). The Morgan fingerprint density at radius 1 is 1.24 bits per heavy atom. The van der Waals surface area contributed by atoms with E-state index in [2.05, 4.69) is 18.0 Å². The van der Waals surface area contributed by atoms with E-state index in [1.807, 2.05) is 23.1 Å². The van der Waals surface area contributed by atoms with E-state index in [0.29, 0.717) is 0 Å². The molecule has 25 heavy (non-hydrogen) atoms. The van der Waals surface area contributed by atoms with Crippen LogP contribution in [-0.4, -0.2) is 22.8 Å². The third-order valence-corrected chi connectivity index (χ3v) is 4.69. The van der Waals surface area contributed by atoms with Gasteiger partial charge in [0.2, 0.25) is 5.91 Å². The molecule has 0 aliphatic carbocycles. The Kier molecular flexibility index (Phi) is 5.12. The van der Waals surface area contributed by atoms with Gasteiger partial charge in [-0.05, 0) is 42.5 Å². The lowest BCUT2D eigenvalue weighted by Gasteiger charge is -2.37. The molecule has 1 aliphatic rings. The minimum Gasteiger partial charge on any atom is -0.364 e. The number of primary amides is 1. The smallest absolute Gasteiger partial charge is 0.267 e. The molecule has 1 aliphatic heterocycles. The second kappa shape index (κ2) is 7.47. The first-order valence-electron chi connectivity index (χ1n) is 8.75. The van der Waals surface area contributed by atoms with Crippen molar-refractivity contribution in [1.82, 2.24) is 4.98 Å². The first-order valence-corrected chi connectivity index (χ1v) is 8.75. The molecule has 0 saturated heterocycles. The fourth-order valence-corrected chi connectivity index (χ4v) is 3.48. The molecule has 5 heteroatoms. The average Bonchev–Trinajstić information content (AvgIpc) is 2.62. The van der Waals surface area contributed by atoms with Crippen LogP contribution in [0, 0.1) is 0 Å². The molecular weight excluding hydrogens is 314 g/mol. The maximum Gasteiger partial charge on any atom is 0.267 e. The molecule has 1 atom stereocenters. The molecule has 1 aromatic carbocycles. The zero-order valence-corrected chi connectivity index (χ0v) is 14.4. The Hall–Kier alpha value is -2.69. The van der Waals surface area contributed by atoms with Crippen LogP contribution >= 0.6 is 0 Å². The number of anilines is 1. The molecule has 1 aromatic heterocycles. The van der Waals surface area contributed by atoms with Crippen molar-refractivity contribution in [3.63, 3.8) is 0 Å². The number of hydrogen-bond donors (Lipinski definition) is 1. The van der Waals surface area contributed by atoms with E-state index >= 15 is 0 Å². The van der Waals surface area contributed by atoms with Crippen molar-refractivity contribution >= 4 is 17.5 Å². The highest BCUT2D eigenvalue weighted by atomic mass is 16.2. The average molecular weight is 337 g/mol. The van der Waals surface area contributed by atoms with Gasteiger partial charge in [0.25, 0.3) is 5.91 Å². The lowest BCUT2D eigenvalue weighted by molar-refractivity contribution is -0.118. The van der Waals surface area contributed by atoms with Crippen LogP contribution < -0.4 is 10.6 Å². The number of benzene rings is 1. The summed E-state index contributed by atoms with van der Waals surface area (Å²) in [5.41, 5.74) is 8.46. The summed E-state index contributed by atoms with van der Waals surface area (Å²) in [5.74, 6) is -0.495.